The van der Waals surface area contributed by atoms with Gasteiger partial charge < -0.3 is 9.80 Å². The zero-order valence-corrected chi connectivity index (χ0v) is 15.4. The minimum absolute atomic E-state index is 0.0507. The summed E-state index contributed by atoms with van der Waals surface area (Å²) in [7, 11) is 5.16. The molecule has 0 aliphatic carbocycles. The Morgan fingerprint density at radius 3 is 1.77 bits per heavy atom. The molecule has 126 valence electrons. The number of rotatable bonds is 4. The van der Waals surface area contributed by atoms with Crippen LogP contribution in [0.2, 0.25) is 0 Å². The molecular weight excluding hydrogens is 276 g/mol. The summed E-state index contributed by atoms with van der Waals surface area (Å²) in [6.45, 7) is 10.7. The first-order valence-electron chi connectivity index (χ1n) is 8.04. The maximum atomic E-state index is 12.1. The molecule has 4 heteroatoms. The average molecular weight is 308 g/mol. The fourth-order valence-corrected chi connectivity index (χ4v) is 1.70. The van der Waals surface area contributed by atoms with Crippen molar-refractivity contribution in [3.8, 4) is 0 Å². The average Bonchev–Trinajstić information content (AvgIpc) is 2.57. The molecule has 0 spiro atoms. The number of benzene rings is 1. The molecule has 1 aromatic rings. The summed E-state index contributed by atoms with van der Waals surface area (Å²) >= 11 is 0. The highest BCUT2D eigenvalue weighted by Gasteiger charge is 2.14. The summed E-state index contributed by atoms with van der Waals surface area (Å²) in [5.41, 5.74) is 1.09. The highest BCUT2D eigenvalue weighted by molar-refractivity contribution is 5.99. The summed E-state index contributed by atoms with van der Waals surface area (Å²) < 4.78 is 0. The SMILES string of the molecule is CC.CC.CCCN(C)C(=O)c1cccc(C(=O)N(C)C)c1. The van der Waals surface area contributed by atoms with Gasteiger partial charge in [-0.2, -0.15) is 0 Å². The lowest BCUT2D eigenvalue weighted by atomic mass is 10.1. The van der Waals surface area contributed by atoms with Crippen LogP contribution in [0.4, 0.5) is 0 Å². The van der Waals surface area contributed by atoms with Crippen molar-refractivity contribution < 1.29 is 9.59 Å². The maximum absolute atomic E-state index is 12.1. The Hall–Kier alpha value is -1.84. The fourth-order valence-electron chi connectivity index (χ4n) is 1.70. The third kappa shape index (κ3) is 7.25. The molecule has 0 unspecified atom stereocenters. The van der Waals surface area contributed by atoms with Gasteiger partial charge in [0.2, 0.25) is 0 Å². The fraction of sp³-hybridized carbons (Fsp3) is 0.556. The number of hydrogen-bond acceptors (Lipinski definition) is 2. The number of carbonyl (C=O) groups excluding carboxylic acids is 2. The molecule has 1 aromatic carbocycles. The predicted octanol–water partition coefficient (Wildman–Crippen LogP) is 3.92. The van der Waals surface area contributed by atoms with Crippen molar-refractivity contribution in [2.75, 3.05) is 27.7 Å². The van der Waals surface area contributed by atoms with Gasteiger partial charge in [0.1, 0.15) is 0 Å². The van der Waals surface area contributed by atoms with Gasteiger partial charge in [-0.1, -0.05) is 40.7 Å². The minimum Gasteiger partial charge on any atom is -0.345 e. The quantitative estimate of drug-likeness (QED) is 0.846. The molecule has 0 saturated heterocycles. The van der Waals surface area contributed by atoms with Crippen molar-refractivity contribution in [2.24, 2.45) is 0 Å². The molecule has 0 aliphatic heterocycles. The van der Waals surface area contributed by atoms with E-state index in [-0.39, 0.29) is 11.8 Å². The van der Waals surface area contributed by atoms with E-state index in [0.29, 0.717) is 17.7 Å². The third-order valence-electron chi connectivity index (χ3n) is 2.67. The van der Waals surface area contributed by atoms with Gasteiger partial charge in [-0.25, -0.2) is 0 Å². The van der Waals surface area contributed by atoms with Gasteiger partial charge >= 0.3 is 0 Å². The highest BCUT2D eigenvalue weighted by Crippen LogP contribution is 2.09. The Morgan fingerprint density at radius 1 is 0.909 bits per heavy atom. The highest BCUT2D eigenvalue weighted by atomic mass is 16.2. The van der Waals surface area contributed by atoms with Crippen molar-refractivity contribution in [1.29, 1.82) is 0 Å². The molecule has 0 radical (unpaired) electrons. The van der Waals surface area contributed by atoms with E-state index in [0.717, 1.165) is 6.42 Å². The van der Waals surface area contributed by atoms with E-state index in [1.165, 1.54) is 4.90 Å². The summed E-state index contributed by atoms with van der Waals surface area (Å²) in [4.78, 5) is 27.1. The van der Waals surface area contributed by atoms with Crippen LogP contribution in [0.25, 0.3) is 0 Å². The van der Waals surface area contributed by atoms with Crippen LogP contribution in [0.3, 0.4) is 0 Å². The molecular formula is C18H32N2O2. The summed E-state index contributed by atoms with van der Waals surface area (Å²) in [5, 5.41) is 0. The molecule has 1 rings (SSSR count). The Balaban J connectivity index is 0. The maximum Gasteiger partial charge on any atom is 0.253 e. The Kier molecular flexibility index (Phi) is 13.1. The molecule has 0 saturated carbocycles. The summed E-state index contributed by atoms with van der Waals surface area (Å²) in [6.07, 6.45) is 0.915. The minimum atomic E-state index is -0.0946. The second kappa shape index (κ2) is 12.9. The van der Waals surface area contributed by atoms with E-state index >= 15 is 0 Å². The summed E-state index contributed by atoms with van der Waals surface area (Å²) in [6, 6.07) is 6.85. The zero-order chi connectivity index (χ0) is 17.7. The smallest absolute Gasteiger partial charge is 0.253 e. The first-order valence-corrected chi connectivity index (χ1v) is 8.04. The monoisotopic (exact) mass is 308 g/mol. The number of carbonyl (C=O) groups is 2. The second-order valence-corrected chi connectivity index (χ2v) is 4.51. The second-order valence-electron chi connectivity index (χ2n) is 4.51. The largest absolute Gasteiger partial charge is 0.345 e. The standard InChI is InChI=1S/C14H20N2O2.2C2H6/c1-5-9-16(4)14(18)12-8-6-7-11(10-12)13(17)15(2)3;2*1-2/h6-8,10H,5,9H2,1-4H3;2*1-2H3. The van der Waals surface area contributed by atoms with Crippen LogP contribution in [-0.4, -0.2) is 49.3 Å². The van der Waals surface area contributed by atoms with Crippen LogP contribution < -0.4 is 0 Å². The molecule has 0 fully saturated rings. The molecule has 2 amide bonds. The van der Waals surface area contributed by atoms with Gasteiger partial charge in [0.25, 0.3) is 11.8 Å². The van der Waals surface area contributed by atoms with Crippen molar-refractivity contribution in [3.63, 3.8) is 0 Å². The van der Waals surface area contributed by atoms with Crippen molar-refractivity contribution in [3.05, 3.63) is 35.4 Å². The van der Waals surface area contributed by atoms with Gasteiger partial charge in [-0.15, -0.1) is 0 Å². The Labute approximate surface area is 136 Å². The molecule has 0 atom stereocenters. The van der Waals surface area contributed by atoms with Crippen LogP contribution in [0.15, 0.2) is 24.3 Å². The van der Waals surface area contributed by atoms with Crippen LogP contribution in [-0.2, 0) is 0 Å². The molecule has 0 N–H and O–H groups in total. The van der Waals surface area contributed by atoms with Crippen LogP contribution >= 0.6 is 0 Å². The Bertz CT molecular complexity index is 442. The lowest BCUT2D eigenvalue weighted by molar-refractivity contribution is 0.0795. The van der Waals surface area contributed by atoms with E-state index in [1.54, 1.807) is 50.3 Å². The topological polar surface area (TPSA) is 40.6 Å². The van der Waals surface area contributed by atoms with Crippen molar-refractivity contribution in [1.82, 2.24) is 9.80 Å². The lowest BCUT2D eigenvalue weighted by Gasteiger charge is -2.17. The predicted molar refractivity (Wildman–Crippen MR) is 94.4 cm³/mol. The van der Waals surface area contributed by atoms with E-state index < -0.39 is 0 Å². The molecule has 4 nitrogen and oxygen atoms in total. The molecule has 0 aliphatic rings. The van der Waals surface area contributed by atoms with Crippen LogP contribution in [0.1, 0.15) is 61.8 Å². The van der Waals surface area contributed by atoms with Gasteiger partial charge in [-0.3, -0.25) is 9.59 Å². The van der Waals surface area contributed by atoms with E-state index in [4.69, 9.17) is 0 Å². The van der Waals surface area contributed by atoms with Crippen LogP contribution in [0.5, 0.6) is 0 Å². The first-order chi connectivity index (χ1) is 10.5. The van der Waals surface area contributed by atoms with Gasteiger partial charge in [0.05, 0.1) is 0 Å². The molecule has 0 heterocycles. The number of nitrogens with zero attached hydrogens (tertiary/aromatic N) is 2. The van der Waals surface area contributed by atoms with E-state index in [9.17, 15) is 9.59 Å². The zero-order valence-electron chi connectivity index (χ0n) is 15.4. The normalized spacial score (nSPS) is 8.73. The van der Waals surface area contributed by atoms with Crippen LogP contribution in [0, 0.1) is 0 Å². The first kappa shape index (κ1) is 22.4. The molecule has 0 aromatic heterocycles. The molecule has 22 heavy (non-hydrogen) atoms. The van der Waals surface area contributed by atoms with Crippen molar-refractivity contribution >= 4 is 11.8 Å². The molecule has 0 bridgehead atoms. The lowest BCUT2D eigenvalue weighted by Crippen LogP contribution is -2.28. The third-order valence-corrected chi connectivity index (χ3v) is 2.67. The van der Waals surface area contributed by atoms with E-state index in [1.807, 2.05) is 34.6 Å². The van der Waals surface area contributed by atoms with Gasteiger partial charge in [0.15, 0.2) is 0 Å². The number of amides is 2. The van der Waals surface area contributed by atoms with Gasteiger partial charge in [0, 0.05) is 38.8 Å². The van der Waals surface area contributed by atoms with E-state index in [2.05, 4.69) is 0 Å². The summed E-state index contributed by atoms with van der Waals surface area (Å²) in [5.74, 6) is -0.145. The van der Waals surface area contributed by atoms with Crippen molar-refractivity contribution in [2.45, 2.75) is 41.0 Å². The number of hydrogen-bond donors (Lipinski definition) is 0. The Morgan fingerprint density at radius 2 is 1.36 bits per heavy atom. The van der Waals surface area contributed by atoms with Gasteiger partial charge in [-0.05, 0) is 24.6 Å².